The molecule has 28 heavy (non-hydrogen) atoms. The molecule has 0 bridgehead atoms. The van der Waals surface area contributed by atoms with Gasteiger partial charge in [0, 0.05) is 11.5 Å². The number of carbonyl (C=O) groups excluding carboxylic acids is 2. The standard InChI is InChI=1S/C22H21NO3S2/c1-14(2)20(24)17-8-4-16(5-9-17)13-26-18-10-6-15(7-11-18)12-19-21(25)23-22(27-3)28-19/h4-12,14H,13H2,1-3H3. The molecule has 0 saturated carbocycles. The molecule has 0 saturated heterocycles. The first-order chi connectivity index (χ1) is 13.5. The van der Waals surface area contributed by atoms with Gasteiger partial charge in [0.2, 0.25) is 0 Å². The van der Waals surface area contributed by atoms with Crippen LogP contribution in [0.3, 0.4) is 0 Å². The van der Waals surface area contributed by atoms with Crippen LogP contribution in [0.15, 0.2) is 58.4 Å². The molecule has 0 aliphatic carbocycles. The molecule has 2 aromatic rings. The van der Waals surface area contributed by atoms with Gasteiger partial charge in [-0.15, -0.1) is 11.8 Å². The third kappa shape index (κ3) is 5.14. The molecule has 4 nitrogen and oxygen atoms in total. The van der Waals surface area contributed by atoms with Gasteiger partial charge in [0.05, 0.1) is 4.91 Å². The van der Waals surface area contributed by atoms with Crippen molar-refractivity contribution < 1.29 is 14.3 Å². The molecule has 0 spiro atoms. The molecule has 0 aromatic heterocycles. The van der Waals surface area contributed by atoms with E-state index in [4.69, 9.17) is 4.74 Å². The van der Waals surface area contributed by atoms with Crippen molar-refractivity contribution in [3.8, 4) is 5.75 Å². The molecule has 1 amide bonds. The van der Waals surface area contributed by atoms with E-state index in [1.54, 1.807) is 0 Å². The Hall–Kier alpha value is -2.31. The van der Waals surface area contributed by atoms with Crippen LogP contribution in [-0.4, -0.2) is 22.3 Å². The second-order valence-electron chi connectivity index (χ2n) is 6.57. The third-order valence-corrected chi connectivity index (χ3v) is 6.09. The highest BCUT2D eigenvalue weighted by molar-refractivity contribution is 8.40. The van der Waals surface area contributed by atoms with Crippen LogP contribution < -0.4 is 4.74 Å². The minimum Gasteiger partial charge on any atom is -0.489 e. The first-order valence-corrected chi connectivity index (χ1v) is 10.9. The van der Waals surface area contributed by atoms with Crippen molar-refractivity contribution in [3.63, 3.8) is 0 Å². The average Bonchev–Trinajstić information content (AvgIpc) is 3.06. The molecule has 144 valence electrons. The van der Waals surface area contributed by atoms with Crippen LogP contribution in [0.1, 0.15) is 35.3 Å². The van der Waals surface area contributed by atoms with Gasteiger partial charge in [-0.1, -0.05) is 62.0 Å². The molecule has 1 aliphatic heterocycles. The van der Waals surface area contributed by atoms with E-state index in [-0.39, 0.29) is 17.6 Å². The quantitative estimate of drug-likeness (QED) is 0.468. The molecule has 0 unspecified atom stereocenters. The van der Waals surface area contributed by atoms with Crippen LogP contribution in [0.2, 0.25) is 0 Å². The van der Waals surface area contributed by atoms with Crippen LogP contribution in [0.5, 0.6) is 5.75 Å². The first kappa shape index (κ1) is 20.4. The molecule has 0 fully saturated rings. The van der Waals surface area contributed by atoms with Crippen molar-refractivity contribution in [3.05, 3.63) is 70.1 Å². The molecular formula is C22H21NO3S2. The highest BCUT2D eigenvalue weighted by Crippen LogP contribution is 2.32. The maximum absolute atomic E-state index is 12.0. The molecule has 1 aliphatic rings. The number of nitrogens with zero attached hydrogens (tertiary/aromatic N) is 1. The van der Waals surface area contributed by atoms with E-state index in [1.165, 1.54) is 23.5 Å². The highest BCUT2D eigenvalue weighted by Gasteiger charge is 2.20. The van der Waals surface area contributed by atoms with Gasteiger partial charge in [0.25, 0.3) is 5.91 Å². The number of benzene rings is 2. The van der Waals surface area contributed by atoms with Crippen LogP contribution in [0, 0.1) is 5.92 Å². The lowest BCUT2D eigenvalue weighted by atomic mass is 10.0. The van der Waals surface area contributed by atoms with E-state index < -0.39 is 0 Å². The fraction of sp³-hybridized carbons (Fsp3) is 0.227. The molecule has 0 atom stereocenters. The van der Waals surface area contributed by atoms with Gasteiger partial charge in [-0.3, -0.25) is 9.59 Å². The fourth-order valence-corrected chi connectivity index (χ4v) is 3.98. The maximum atomic E-state index is 12.0. The number of ether oxygens (including phenoxy) is 1. The van der Waals surface area contributed by atoms with Crippen LogP contribution in [0.4, 0.5) is 0 Å². The molecule has 1 heterocycles. The van der Waals surface area contributed by atoms with Crippen LogP contribution in [0.25, 0.3) is 6.08 Å². The Bertz CT molecular complexity index is 929. The number of aliphatic imine (C=N–C) groups is 1. The van der Waals surface area contributed by atoms with Crippen molar-refractivity contribution in [1.29, 1.82) is 0 Å². The number of Topliss-reactive ketones (excluding diaryl/α,β-unsaturated/α-hetero) is 1. The molecule has 0 radical (unpaired) electrons. The number of hydrogen-bond donors (Lipinski definition) is 0. The first-order valence-electron chi connectivity index (χ1n) is 8.89. The SMILES string of the molecule is CSC1=NC(=O)C(=Cc2ccc(OCc3ccc(C(=O)C(C)C)cc3)cc2)S1. The fourth-order valence-electron chi connectivity index (χ4n) is 2.55. The number of rotatable bonds is 6. The Balaban J connectivity index is 1.58. The summed E-state index contributed by atoms with van der Waals surface area (Å²) >= 11 is 2.87. The Morgan fingerprint density at radius 1 is 1.14 bits per heavy atom. The Kier molecular flexibility index (Phi) is 6.75. The van der Waals surface area contributed by atoms with E-state index in [0.717, 1.165) is 26.8 Å². The normalized spacial score (nSPS) is 15.2. The predicted octanol–water partition coefficient (Wildman–Crippen LogP) is 5.44. The number of carbonyl (C=O) groups is 2. The highest BCUT2D eigenvalue weighted by atomic mass is 32.2. The average molecular weight is 412 g/mol. The number of ketones is 1. The third-order valence-electron chi connectivity index (χ3n) is 4.12. The van der Waals surface area contributed by atoms with E-state index in [0.29, 0.717) is 11.5 Å². The van der Waals surface area contributed by atoms with Crippen molar-refractivity contribution >= 4 is 45.7 Å². The smallest absolute Gasteiger partial charge is 0.285 e. The zero-order valence-corrected chi connectivity index (χ0v) is 17.6. The van der Waals surface area contributed by atoms with Crippen molar-refractivity contribution in [2.45, 2.75) is 20.5 Å². The van der Waals surface area contributed by atoms with Gasteiger partial charge >= 0.3 is 0 Å². The molecule has 6 heteroatoms. The van der Waals surface area contributed by atoms with Gasteiger partial charge in [-0.05, 0) is 35.6 Å². The molecule has 2 aromatic carbocycles. The molecular weight excluding hydrogens is 390 g/mol. The van der Waals surface area contributed by atoms with Gasteiger partial charge in [0.1, 0.15) is 16.7 Å². The zero-order chi connectivity index (χ0) is 20.1. The number of amides is 1. The van der Waals surface area contributed by atoms with Crippen molar-refractivity contribution in [2.75, 3.05) is 6.26 Å². The van der Waals surface area contributed by atoms with E-state index >= 15 is 0 Å². The summed E-state index contributed by atoms with van der Waals surface area (Å²) in [6, 6.07) is 15.1. The summed E-state index contributed by atoms with van der Waals surface area (Å²) in [6.07, 6.45) is 3.75. The van der Waals surface area contributed by atoms with Gasteiger partial charge in [0.15, 0.2) is 5.78 Å². The van der Waals surface area contributed by atoms with Crippen molar-refractivity contribution in [2.24, 2.45) is 10.9 Å². The minimum atomic E-state index is -0.186. The summed E-state index contributed by atoms with van der Waals surface area (Å²) in [7, 11) is 0. The summed E-state index contributed by atoms with van der Waals surface area (Å²) < 4.78 is 6.59. The minimum absolute atomic E-state index is 0.00705. The van der Waals surface area contributed by atoms with Crippen LogP contribution in [-0.2, 0) is 11.4 Å². The number of thioether (sulfide) groups is 2. The van der Waals surface area contributed by atoms with Gasteiger partial charge in [-0.25, -0.2) is 0 Å². The zero-order valence-electron chi connectivity index (χ0n) is 16.0. The summed E-state index contributed by atoms with van der Waals surface area (Å²) in [4.78, 5) is 28.4. The second kappa shape index (κ2) is 9.26. The largest absolute Gasteiger partial charge is 0.489 e. The van der Waals surface area contributed by atoms with E-state index in [9.17, 15) is 9.59 Å². The summed E-state index contributed by atoms with van der Waals surface area (Å²) in [5.41, 5.74) is 2.66. The Morgan fingerprint density at radius 3 is 2.39 bits per heavy atom. The van der Waals surface area contributed by atoms with E-state index in [2.05, 4.69) is 4.99 Å². The summed E-state index contributed by atoms with van der Waals surface area (Å²) in [5.74, 6) is 0.698. The topological polar surface area (TPSA) is 55.7 Å². The maximum Gasteiger partial charge on any atom is 0.285 e. The lowest BCUT2D eigenvalue weighted by Crippen LogP contribution is -2.07. The molecule has 0 N–H and O–H groups in total. The van der Waals surface area contributed by atoms with Gasteiger partial charge in [-0.2, -0.15) is 4.99 Å². The van der Waals surface area contributed by atoms with Crippen LogP contribution >= 0.6 is 23.5 Å². The monoisotopic (exact) mass is 411 g/mol. The van der Waals surface area contributed by atoms with Crippen molar-refractivity contribution in [1.82, 2.24) is 0 Å². The second-order valence-corrected chi connectivity index (χ2v) is 8.66. The summed E-state index contributed by atoms with van der Waals surface area (Å²) in [5, 5.41) is 0. The lowest BCUT2D eigenvalue weighted by molar-refractivity contribution is -0.113. The van der Waals surface area contributed by atoms with E-state index in [1.807, 2.05) is 74.7 Å². The predicted molar refractivity (Wildman–Crippen MR) is 118 cm³/mol. The number of hydrogen-bond acceptors (Lipinski definition) is 5. The Labute approximate surface area is 173 Å². The molecule has 3 rings (SSSR count). The summed E-state index contributed by atoms with van der Waals surface area (Å²) in [6.45, 7) is 4.22. The lowest BCUT2D eigenvalue weighted by Gasteiger charge is -2.08. The Morgan fingerprint density at radius 2 is 1.82 bits per heavy atom. The van der Waals surface area contributed by atoms with Gasteiger partial charge < -0.3 is 4.74 Å².